The zero-order chi connectivity index (χ0) is 24.2. The van der Waals surface area contributed by atoms with Gasteiger partial charge in [0.1, 0.15) is 12.2 Å². The molecule has 172 valence electrons. The van der Waals surface area contributed by atoms with Crippen molar-refractivity contribution >= 4 is 34.4 Å². The molecule has 0 aliphatic rings. The Hall–Kier alpha value is -4.56. The Morgan fingerprint density at radius 2 is 1.71 bits per heavy atom. The van der Waals surface area contributed by atoms with E-state index in [9.17, 15) is 9.59 Å². The van der Waals surface area contributed by atoms with E-state index < -0.39 is 0 Å². The molecule has 0 spiro atoms. The van der Waals surface area contributed by atoms with Crippen LogP contribution in [0.1, 0.15) is 20.7 Å². The van der Waals surface area contributed by atoms with Gasteiger partial charge in [0.25, 0.3) is 5.91 Å². The highest BCUT2D eigenvalue weighted by Gasteiger charge is 2.13. The molecule has 0 aliphatic carbocycles. The molecule has 0 aliphatic heterocycles. The van der Waals surface area contributed by atoms with Gasteiger partial charge in [-0.1, -0.05) is 59.8 Å². The smallest absolute Gasteiger partial charge is 0.255 e. The van der Waals surface area contributed by atoms with Crippen LogP contribution in [0, 0.1) is 0 Å². The van der Waals surface area contributed by atoms with E-state index in [0.717, 1.165) is 16.0 Å². The van der Waals surface area contributed by atoms with Gasteiger partial charge in [-0.15, -0.1) is 16.4 Å². The number of ketones is 1. The summed E-state index contributed by atoms with van der Waals surface area (Å²) < 4.78 is 1.49. The minimum Gasteiger partial charge on any atom is -0.397 e. The van der Waals surface area contributed by atoms with E-state index in [1.807, 2.05) is 53.9 Å². The van der Waals surface area contributed by atoms with E-state index in [1.165, 1.54) is 4.68 Å². The van der Waals surface area contributed by atoms with Crippen molar-refractivity contribution in [1.29, 1.82) is 0 Å². The zero-order valence-corrected chi connectivity index (χ0v) is 19.4. The summed E-state index contributed by atoms with van der Waals surface area (Å²) in [6.45, 7) is 0.0804. The number of nitrogens with zero attached hydrogens (tertiary/aromatic N) is 3. The summed E-state index contributed by atoms with van der Waals surface area (Å²) in [5.41, 5.74) is 10.5. The van der Waals surface area contributed by atoms with Crippen LogP contribution in [0.4, 0.5) is 11.4 Å². The molecule has 5 rings (SSSR count). The number of hydrogen-bond donors (Lipinski definition) is 2. The van der Waals surface area contributed by atoms with E-state index in [0.29, 0.717) is 28.2 Å². The number of Topliss-reactive ketones (excluding diaryl/α,β-unsaturated/α-hetero) is 1. The molecule has 2 aromatic heterocycles. The first-order chi connectivity index (χ1) is 17.1. The maximum absolute atomic E-state index is 13.0. The quantitative estimate of drug-likeness (QED) is 0.241. The Balaban J connectivity index is 1.32. The highest BCUT2D eigenvalue weighted by atomic mass is 32.1. The molecule has 0 radical (unpaired) electrons. The maximum Gasteiger partial charge on any atom is 0.255 e. The zero-order valence-electron chi connectivity index (χ0n) is 18.6. The first kappa shape index (κ1) is 22.2. The molecule has 3 aromatic carbocycles. The molecule has 0 saturated heterocycles. The van der Waals surface area contributed by atoms with Crippen molar-refractivity contribution in [2.75, 3.05) is 11.1 Å². The van der Waals surface area contributed by atoms with Crippen molar-refractivity contribution in [2.45, 2.75) is 6.54 Å². The number of thiophene rings is 1. The predicted octanol–water partition coefficient (Wildman–Crippen LogP) is 5.39. The average molecular weight is 480 g/mol. The van der Waals surface area contributed by atoms with Crippen molar-refractivity contribution in [1.82, 2.24) is 15.0 Å². The molecule has 5 aromatic rings. The van der Waals surface area contributed by atoms with Crippen molar-refractivity contribution in [3.8, 4) is 21.7 Å². The van der Waals surface area contributed by atoms with E-state index >= 15 is 0 Å². The van der Waals surface area contributed by atoms with Gasteiger partial charge in [0.15, 0.2) is 5.78 Å². The second-order valence-corrected chi connectivity index (χ2v) is 8.85. The summed E-state index contributed by atoms with van der Waals surface area (Å²) in [7, 11) is 0. The fourth-order valence-electron chi connectivity index (χ4n) is 3.65. The van der Waals surface area contributed by atoms with Crippen LogP contribution in [0.3, 0.4) is 0 Å². The summed E-state index contributed by atoms with van der Waals surface area (Å²) in [5, 5.41) is 13.2. The van der Waals surface area contributed by atoms with E-state index in [2.05, 4.69) is 15.6 Å². The molecular formula is C27H21N5O2S. The van der Waals surface area contributed by atoms with Crippen molar-refractivity contribution in [2.24, 2.45) is 0 Å². The second kappa shape index (κ2) is 9.74. The minimum absolute atomic E-state index is 0.0578. The molecule has 0 bridgehead atoms. The molecule has 8 heteroatoms. The van der Waals surface area contributed by atoms with Gasteiger partial charge in [-0.2, -0.15) is 0 Å². The first-order valence-electron chi connectivity index (χ1n) is 10.9. The number of nitrogens with two attached hydrogens (primary N) is 1. The standard InChI is InChI=1S/C27H21N5O2S/c28-22-12-11-20(26-10-5-13-35-26)15-23(22)29-27(34)21-9-4-8-19(14-21)24-16-32(31-30-24)17-25(33)18-6-2-1-3-7-18/h1-16H,17,28H2,(H,29,34). The number of anilines is 2. The van der Waals surface area contributed by atoms with Crippen LogP contribution < -0.4 is 11.1 Å². The first-order valence-corrected chi connectivity index (χ1v) is 11.8. The van der Waals surface area contributed by atoms with E-state index in [-0.39, 0.29) is 18.2 Å². The second-order valence-electron chi connectivity index (χ2n) is 7.90. The number of aromatic nitrogens is 3. The topological polar surface area (TPSA) is 103 Å². The monoisotopic (exact) mass is 479 g/mol. The Bertz CT molecular complexity index is 1490. The van der Waals surface area contributed by atoms with Crippen LogP contribution >= 0.6 is 11.3 Å². The number of carbonyl (C=O) groups excluding carboxylic acids is 2. The fraction of sp³-hybridized carbons (Fsp3) is 0.0370. The largest absolute Gasteiger partial charge is 0.397 e. The van der Waals surface area contributed by atoms with Crippen molar-refractivity contribution in [3.63, 3.8) is 0 Å². The summed E-state index contributed by atoms with van der Waals surface area (Å²) in [6, 6.07) is 25.7. The number of nitrogen functional groups attached to an aromatic ring is 1. The summed E-state index contributed by atoms with van der Waals surface area (Å²) >= 11 is 1.62. The summed E-state index contributed by atoms with van der Waals surface area (Å²) in [6.07, 6.45) is 1.69. The molecule has 3 N–H and O–H groups in total. The Morgan fingerprint density at radius 1 is 0.886 bits per heavy atom. The molecule has 7 nitrogen and oxygen atoms in total. The normalized spacial score (nSPS) is 10.7. The highest BCUT2D eigenvalue weighted by molar-refractivity contribution is 7.13. The Labute approximate surface area is 205 Å². The number of nitrogens with one attached hydrogen (secondary N) is 1. The number of benzene rings is 3. The van der Waals surface area contributed by atoms with Crippen LogP contribution in [-0.4, -0.2) is 26.7 Å². The molecule has 2 heterocycles. The number of rotatable bonds is 7. The van der Waals surface area contributed by atoms with Gasteiger partial charge in [0, 0.05) is 21.6 Å². The number of carbonyl (C=O) groups is 2. The SMILES string of the molecule is Nc1ccc(-c2cccs2)cc1NC(=O)c1cccc(-c2cn(CC(=O)c3ccccc3)nn2)c1. The molecule has 35 heavy (non-hydrogen) atoms. The third-order valence-electron chi connectivity index (χ3n) is 5.47. The Morgan fingerprint density at radius 3 is 2.51 bits per heavy atom. The van der Waals surface area contributed by atoms with E-state index in [4.69, 9.17) is 5.73 Å². The third-order valence-corrected chi connectivity index (χ3v) is 6.39. The molecule has 1 amide bonds. The maximum atomic E-state index is 13.0. The van der Waals surface area contributed by atoms with Gasteiger partial charge in [-0.3, -0.25) is 9.59 Å². The van der Waals surface area contributed by atoms with Crippen LogP contribution in [0.25, 0.3) is 21.7 Å². The lowest BCUT2D eigenvalue weighted by atomic mass is 10.1. The van der Waals surface area contributed by atoms with Crippen LogP contribution in [-0.2, 0) is 6.54 Å². The number of hydrogen-bond acceptors (Lipinski definition) is 6. The molecular weight excluding hydrogens is 458 g/mol. The van der Waals surface area contributed by atoms with Crippen molar-refractivity contribution in [3.05, 3.63) is 108 Å². The van der Waals surface area contributed by atoms with Crippen LogP contribution in [0.5, 0.6) is 0 Å². The highest BCUT2D eigenvalue weighted by Crippen LogP contribution is 2.30. The lowest BCUT2D eigenvalue weighted by Crippen LogP contribution is -2.13. The van der Waals surface area contributed by atoms with Gasteiger partial charge in [0.2, 0.25) is 0 Å². The minimum atomic E-state index is -0.284. The van der Waals surface area contributed by atoms with E-state index in [1.54, 1.807) is 53.9 Å². The average Bonchev–Trinajstić information content (AvgIpc) is 3.59. The lowest BCUT2D eigenvalue weighted by Gasteiger charge is -2.10. The molecule has 0 saturated carbocycles. The molecule has 0 unspecified atom stereocenters. The van der Waals surface area contributed by atoms with Crippen LogP contribution in [0.15, 0.2) is 96.5 Å². The van der Waals surface area contributed by atoms with Gasteiger partial charge < -0.3 is 11.1 Å². The van der Waals surface area contributed by atoms with Gasteiger partial charge in [-0.05, 0) is 41.3 Å². The predicted molar refractivity (Wildman–Crippen MR) is 138 cm³/mol. The summed E-state index contributed by atoms with van der Waals surface area (Å²) in [5.74, 6) is -0.342. The third kappa shape index (κ3) is 5.02. The van der Waals surface area contributed by atoms with Crippen LogP contribution in [0.2, 0.25) is 0 Å². The van der Waals surface area contributed by atoms with Crippen molar-refractivity contribution < 1.29 is 9.59 Å². The van der Waals surface area contributed by atoms with Gasteiger partial charge >= 0.3 is 0 Å². The fourth-order valence-corrected chi connectivity index (χ4v) is 4.37. The lowest BCUT2D eigenvalue weighted by molar-refractivity contribution is 0.0966. The molecule has 0 fully saturated rings. The van der Waals surface area contributed by atoms with Gasteiger partial charge in [0.05, 0.1) is 17.6 Å². The molecule has 0 atom stereocenters. The van der Waals surface area contributed by atoms with Gasteiger partial charge in [-0.25, -0.2) is 4.68 Å². The number of amides is 1. The summed E-state index contributed by atoms with van der Waals surface area (Å²) in [4.78, 5) is 26.6. The Kier molecular flexibility index (Phi) is 6.19.